The predicted molar refractivity (Wildman–Crippen MR) is 128 cm³/mol. The van der Waals surface area contributed by atoms with Crippen LogP contribution in [0.4, 0.5) is 0 Å². The standard InChI is InChI=1S/C29H31NO2/c1-17-12-18(2)14-22(13-17)21-10-11-30-25(16-21)23-8-6-7-9-24(23)26-27(29(26,30)5)28-31-19(3)15-20(4)32-28/h6-16,19,25-28H,1-5H3. The first kappa shape index (κ1) is 19.9. The number of aryl methyl sites for hydroxylation is 2. The molecule has 4 aliphatic rings. The molecule has 6 unspecified atom stereocenters. The monoisotopic (exact) mass is 425 g/mol. The van der Waals surface area contributed by atoms with Crippen molar-refractivity contribution in [3.63, 3.8) is 0 Å². The number of hydrogen-bond acceptors (Lipinski definition) is 3. The van der Waals surface area contributed by atoms with Crippen LogP contribution >= 0.6 is 0 Å². The maximum Gasteiger partial charge on any atom is 0.205 e. The molecule has 1 saturated carbocycles. The van der Waals surface area contributed by atoms with Crippen LogP contribution in [0.2, 0.25) is 0 Å². The number of rotatable bonds is 2. The number of hydrogen-bond donors (Lipinski definition) is 0. The number of nitrogens with zero attached hydrogens (tertiary/aromatic N) is 1. The van der Waals surface area contributed by atoms with Gasteiger partial charge < -0.3 is 14.4 Å². The van der Waals surface area contributed by atoms with E-state index in [2.05, 4.69) is 99.5 Å². The minimum absolute atomic E-state index is 0.0257. The molecule has 3 heterocycles. The quantitative estimate of drug-likeness (QED) is 0.555. The zero-order valence-electron chi connectivity index (χ0n) is 19.5. The fraction of sp³-hybridized carbons (Fsp3) is 0.379. The molecule has 1 fully saturated rings. The molecule has 0 radical (unpaired) electrons. The fourth-order valence-corrected chi connectivity index (χ4v) is 6.45. The van der Waals surface area contributed by atoms with Gasteiger partial charge in [0.2, 0.25) is 6.29 Å². The third-order valence-electron chi connectivity index (χ3n) is 7.78. The van der Waals surface area contributed by atoms with E-state index in [9.17, 15) is 0 Å². The molecule has 6 atom stereocenters. The Morgan fingerprint density at radius 2 is 1.66 bits per heavy atom. The second kappa shape index (κ2) is 6.86. The highest BCUT2D eigenvalue weighted by Crippen LogP contribution is 2.69. The Kier molecular flexibility index (Phi) is 4.26. The van der Waals surface area contributed by atoms with Crippen molar-refractivity contribution in [2.45, 2.75) is 64.5 Å². The van der Waals surface area contributed by atoms with Gasteiger partial charge in [0, 0.05) is 12.1 Å². The Morgan fingerprint density at radius 1 is 0.938 bits per heavy atom. The molecule has 32 heavy (non-hydrogen) atoms. The summed E-state index contributed by atoms with van der Waals surface area (Å²) in [5.41, 5.74) is 8.02. The molecule has 2 aromatic carbocycles. The summed E-state index contributed by atoms with van der Waals surface area (Å²) in [7, 11) is 0. The highest BCUT2D eigenvalue weighted by atomic mass is 16.7. The Balaban J connectivity index is 1.42. The Morgan fingerprint density at radius 3 is 2.38 bits per heavy atom. The average Bonchev–Trinajstić information content (AvgIpc) is 3.39. The van der Waals surface area contributed by atoms with Crippen LogP contribution in [-0.2, 0) is 9.47 Å². The van der Waals surface area contributed by atoms with Crippen LogP contribution < -0.4 is 0 Å². The molecule has 6 rings (SSSR count). The highest BCUT2D eigenvalue weighted by Gasteiger charge is 2.72. The van der Waals surface area contributed by atoms with E-state index >= 15 is 0 Å². The molecule has 3 nitrogen and oxygen atoms in total. The van der Waals surface area contributed by atoms with E-state index in [0.717, 1.165) is 5.76 Å². The van der Waals surface area contributed by atoms with Gasteiger partial charge in [-0.05, 0) is 75.1 Å². The first-order valence-electron chi connectivity index (χ1n) is 11.7. The van der Waals surface area contributed by atoms with Crippen molar-refractivity contribution < 1.29 is 9.47 Å². The SMILES string of the molecule is CC1=CC(C)OC(C2C3c4ccccc4C4C=C(c5cc(C)cc(C)c5)C=CN4C32C)O1. The lowest BCUT2D eigenvalue weighted by Crippen LogP contribution is -2.42. The summed E-state index contributed by atoms with van der Waals surface area (Å²) in [6.07, 6.45) is 8.97. The van der Waals surface area contributed by atoms with Gasteiger partial charge in [0.1, 0.15) is 0 Å². The Bertz CT molecular complexity index is 1170. The molecule has 3 heteroatoms. The third-order valence-corrected chi connectivity index (χ3v) is 7.78. The van der Waals surface area contributed by atoms with Gasteiger partial charge in [-0.1, -0.05) is 53.6 Å². The van der Waals surface area contributed by atoms with Crippen molar-refractivity contribution in [1.82, 2.24) is 4.90 Å². The normalized spacial score (nSPS) is 34.5. The molecule has 164 valence electrons. The molecule has 0 saturated heterocycles. The van der Waals surface area contributed by atoms with Crippen LogP contribution in [0.25, 0.3) is 5.57 Å². The van der Waals surface area contributed by atoms with E-state index in [1.165, 1.54) is 33.4 Å². The highest BCUT2D eigenvalue weighted by molar-refractivity contribution is 5.77. The third kappa shape index (κ3) is 2.84. The molecule has 2 aromatic rings. The Hall–Kier alpha value is -2.78. The second-order valence-corrected chi connectivity index (χ2v) is 10.1. The van der Waals surface area contributed by atoms with Crippen LogP contribution in [-0.4, -0.2) is 22.8 Å². The fourth-order valence-electron chi connectivity index (χ4n) is 6.45. The first-order chi connectivity index (χ1) is 15.4. The van der Waals surface area contributed by atoms with Crippen molar-refractivity contribution in [2.24, 2.45) is 5.92 Å². The van der Waals surface area contributed by atoms with Crippen molar-refractivity contribution in [3.8, 4) is 0 Å². The molecular weight excluding hydrogens is 394 g/mol. The van der Waals surface area contributed by atoms with Gasteiger partial charge >= 0.3 is 0 Å². The van der Waals surface area contributed by atoms with Crippen LogP contribution in [0.1, 0.15) is 60.5 Å². The van der Waals surface area contributed by atoms with Gasteiger partial charge in [-0.15, -0.1) is 0 Å². The number of allylic oxidation sites excluding steroid dienone is 3. The summed E-state index contributed by atoms with van der Waals surface area (Å²) in [6.45, 7) is 10.9. The van der Waals surface area contributed by atoms with Gasteiger partial charge in [0.15, 0.2) is 0 Å². The van der Waals surface area contributed by atoms with E-state index < -0.39 is 0 Å². The van der Waals surface area contributed by atoms with Crippen molar-refractivity contribution in [2.75, 3.05) is 0 Å². The van der Waals surface area contributed by atoms with Crippen molar-refractivity contribution in [3.05, 3.63) is 100 Å². The first-order valence-corrected chi connectivity index (χ1v) is 11.7. The van der Waals surface area contributed by atoms with Gasteiger partial charge in [-0.3, -0.25) is 0 Å². The molecule has 0 N–H and O–H groups in total. The zero-order valence-corrected chi connectivity index (χ0v) is 19.5. The van der Waals surface area contributed by atoms with Crippen molar-refractivity contribution >= 4 is 5.57 Å². The van der Waals surface area contributed by atoms with Crippen LogP contribution in [0, 0.1) is 19.8 Å². The lowest BCUT2D eigenvalue weighted by atomic mass is 9.85. The minimum Gasteiger partial charge on any atom is -0.469 e. The number of benzene rings is 2. The summed E-state index contributed by atoms with van der Waals surface area (Å²) in [4.78, 5) is 2.56. The number of ether oxygens (including phenoxy) is 2. The zero-order chi connectivity index (χ0) is 22.2. The summed E-state index contributed by atoms with van der Waals surface area (Å²) in [5, 5.41) is 0. The van der Waals surface area contributed by atoms with Crippen molar-refractivity contribution in [1.29, 1.82) is 0 Å². The van der Waals surface area contributed by atoms with E-state index in [1.54, 1.807) is 0 Å². The molecule has 3 aliphatic heterocycles. The topological polar surface area (TPSA) is 21.7 Å². The number of fused-ring (bicyclic) bond motifs is 6. The minimum atomic E-state index is -0.213. The molecule has 0 spiro atoms. The predicted octanol–water partition coefficient (Wildman–Crippen LogP) is 6.41. The maximum atomic E-state index is 6.28. The van der Waals surface area contributed by atoms with E-state index in [-0.39, 0.29) is 24.0 Å². The molecule has 1 aliphatic carbocycles. The summed E-state index contributed by atoms with van der Waals surface area (Å²) in [5.74, 6) is 1.66. The molecular formula is C29H31NO2. The lowest BCUT2D eigenvalue weighted by Gasteiger charge is -2.43. The smallest absolute Gasteiger partial charge is 0.205 e. The van der Waals surface area contributed by atoms with Gasteiger partial charge in [0.05, 0.1) is 29.4 Å². The maximum absolute atomic E-state index is 6.28. The van der Waals surface area contributed by atoms with Gasteiger partial charge in [-0.2, -0.15) is 0 Å². The summed E-state index contributed by atoms with van der Waals surface area (Å²) >= 11 is 0. The molecule has 0 amide bonds. The van der Waals surface area contributed by atoms with Crippen LogP contribution in [0.5, 0.6) is 0 Å². The summed E-state index contributed by atoms with van der Waals surface area (Å²) < 4.78 is 12.5. The van der Waals surface area contributed by atoms with Gasteiger partial charge in [0.25, 0.3) is 0 Å². The Labute approximate surface area is 191 Å². The average molecular weight is 426 g/mol. The van der Waals surface area contributed by atoms with Crippen LogP contribution in [0.15, 0.2) is 72.7 Å². The largest absolute Gasteiger partial charge is 0.469 e. The lowest BCUT2D eigenvalue weighted by molar-refractivity contribution is -0.167. The van der Waals surface area contributed by atoms with Crippen LogP contribution in [0.3, 0.4) is 0 Å². The molecule has 0 bridgehead atoms. The van der Waals surface area contributed by atoms with Gasteiger partial charge in [-0.25, -0.2) is 0 Å². The second-order valence-electron chi connectivity index (χ2n) is 10.1. The van der Waals surface area contributed by atoms with E-state index in [0.29, 0.717) is 11.8 Å². The van der Waals surface area contributed by atoms with E-state index in [4.69, 9.17) is 9.47 Å². The summed E-state index contributed by atoms with van der Waals surface area (Å²) in [6, 6.07) is 16.0. The molecule has 0 aromatic heterocycles. The van der Waals surface area contributed by atoms with E-state index in [1.807, 2.05) is 6.92 Å².